The van der Waals surface area contributed by atoms with Crippen molar-refractivity contribution in [1.82, 2.24) is 10.2 Å². The van der Waals surface area contributed by atoms with Crippen molar-refractivity contribution >= 4 is 27.5 Å². The maximum absolute atomic E-state index is 13.7. The molecule has 0 spiro atoms. The van der Waals surface area contributed by atoms with Gasteiger partial charge >= 0.3 is 0 Å². The molecule has 196 valence electrons. The maximum Gasteiger partial charge on any atom is 0.244 e. The molecule has 1 N–H and O–H groups in total. The summed E-state index contributed by atoms with van der Waals surface area (Å²) < 4.78 is 37.2. The SMILES string of the molecule is CC[C@@H](C(=O)NCC(C)C)N(Cc1ccccc1C)C(=O)CN(c1ccc2c(c1)OCO2)S(C)(=O)=O. The zero-order chi connectivity index (χ0) is 26.5. The van der Waals surface area contributed by atoms with Crippen molar-refractivity contribution in [1.29, 1.82) is 0 Å². The molecular weight excluding hydrogens is 482 g/mol. The lowest BCUT2D eigenvalue weighted by Crippen LogP contribution is -2.52. The van der Waals surface area contributed by atoms with Crippen LogP contribution in [0.4, 0.5) is 5.69 Å². The van der Waals surface area contributed by atoms with Crippen molar-refractivity contribution in [2.24, 2.45) is 5.92 Å². The third-order valence-corrected chi connectivity index (χ3v) is 7.14. The standard InChI is InChI=1S/C26H35N3O6S/c1-6-22(26(31)27-14-18(2)3)28(15-20-10-8-7-9-19(20)4)25(30)16-29(36(5,32)33)21-11-12-23-24(13-21)35-17-34-23/h7-13,18,22H,6,14-17H2,1-5H3,(H,27,31)/t22-/m0/s1. The van der Waals surface area contributed by atoms with Gasteiger partial charge in [-0.3, -0.25) is 13.9 Å². The summed E-state index contributed by atoms with van der Waals surface area (Å²) in [6.07, 6.45) is 1.42. The Balaban J connectivity index is 1.94. The molecule has 0 fully saturated rings. The zero-order valence-electron chi connectivity index (χ0n) is 21.5. The van der Waals surface area contributed by atoms with Crippen molar-refractivity contribution in [3.63, 3.8) is 0 Å². The Morgan fingerprint density at radius 3 is 2.42 bits per heavy atom. The van der Waals surface area contributed by atoms with E-state index in [1.54, 1.807) is 12.1 Å². The highest BCUT2D eigenvalue weighted by molar-refractivity contribution is 7.92. The number of nitrogens with zero attached hydrogens (tertiary/aromatic N) is 2. The molecule has 0 saturated carbocycles. The molecule has 0 saturated heterocycles. The van der Waals surface area contributed by atoms with E-state index >= 15 is 0 Å². The third-order valence-electron chi connectivity index (χ3n) is 6.00. The molecule has 1 atom stereocenters. The third kappa shape index (κ3) is 6.69. The number of fused-ring (bicyclic) bond motifs is 1. The second-order valence-corrected chi connectivity index (χ2v) is 11.2. The number of hydrogen-bond donors (Lipinski definition) is 1. The van der Waals surface area contributed by atoms with Gasteiger partial charge in [-0.05, 0) is 42.5 Å². The fourth-order valence-corrected chi connectivity index (χ4v) is 4.81. The van der Waals surface area contributed by atoms with E-state index in [2.05, 4.69) is 5.32 Å². The van der Waals surface area contributed by atoms with E-state index in [0.29, 0.717) is 24.5 Å². The molecule has 0 aliphatic carbocycles. The van der Waals surface area contributed by atoms with Crippen molar-refractivity contribution in [2.75, 3.05) is 30.4 Å². The van der Waals surface area contributed by atoms with Crippen LogP contribution in [0, 0.1) is 12.8 Å². The number of aryl methyl sites for hydroxylation is 1. The van der Waals surface area contributed by atoms with Crippen LogP contribution in [-0.4, -0.2) is 57.3 Å². The highest BCUT2D eigenvalue weighted by Gasteiger charge is 2.32. The molecule has 0 bridgehead atoms. The first-order valence-electron chi connectivity index (χ1n) is 12.0. The molecule has 2 aromatic carbocycles. The lowest BCUT2D eigenvalue weighted by Gasteiger charge is -2.33. The molecule has 1 heterocycles. The molecule has 1 aliphatic heterocycles. The first-order chi connectivity index (χ1) is 17.0. The van der Waals surface area contributed by atoms with E-state index < -0.39 is 28.5 Å². The molecule has 1 aliphatic rings. The van der Waals surface area contributed by atoms with E-state index in [0.717, 1.165) is 21.7 Å². The first kappa shape index (κ1) is 27.3. The minimum absolute atomic E-state index is 0.0461. The number of rotatable bonds is 11. The molecule has 0 radical (unpaired) electrons. The van der Waals surface area contributed by atoms with Gasteiger partial charge in [-0.15, -0.1) is 0 Å². The van der Waals surface area contributed by atoms with Crippen LogP contribution in [0.25, 0.3) is 0 Å². The van der Waals surface area contributed by atoms with Gasteiger partial charge in [0, 0.05) is 19.2 Å². The Kier molecular flexibility index (Phi) is 8.84. The molecule has 2 aromatic rings. The summed E-state index contributed by atoms with van der Waals surface area (Å²) in [5.41, 5.74) is 2.14. The highest BCUT2D eigenvalue weighted by Crippen LogP contribution is 2.36. The van der Waals surface area contributed by atoms with Crippen molar-refractivity contribution in [3.8, 4) is 11.5 Å². The summed E-state index contributed by atoms with van der Waals surface area (Å²) in [6.45, 7) is 8.01. The largest absolute Gasteiger partial charge is 0.454 e. The summed E-state index contributed by atoms with van der Waals surface area (Å²) in [7, 11) is -3.83. The average molecular weight is 518 g/mol. The number of sulfonamides is 1. The van der Waals surface area contributed by atoms with Gasteiger partial charge in [0.1, 0.15) is 12.6 Å². The number of ether oxygens (including phenoxy) is 2. The van der Waals surface area contributed by atoms with Crippen LogP contribution in [-0.2, 0) is 26.2 Å². The molecule has 0 aromatic heterocycles. The normalized spacial score (nSPS) is 13.4. The molecule has 36 heavy (non-hydrogen) atoms. The highest BCUT2D eigenvalue weighted by atomic mass is 32.2. The van der Waals surface area contributed by atoms with Gasteiger partial charge in [0.15, 0.2) is 11.5 Å². The Bertz CT molecular complexity index is 1200. The van der Waals surface area contributed by atoms with E-state index in [4.69, 9.17) is 9.47 Å². The van der Waals surface area contributed by atoms with Gasteiger partial charge in [-0.1, -0.05) is 45.0 Å². The van der Waals surface area contributed by atoms with Gasteiger partial charge in [0.25, 0.3) is 0 Å². The summed E-state index contributed by atoms with van der Waals surface area (Å²) in [5, 5.41) is 2.92. The van der Waals surface area contributed by atoms with Crippen LogP contribution in [0.1, 0.15) is 38.3 Å². The molecule has 2 amide bonds. The number of carbonyl (C=O) groups excluding carboxylic acids is 2. The number of amides is 2. The molecule has 0 unspecified atom stereocenters. The van der Waals surface area contributed by atoms with E-state index in [1.807, 2.05) is 52.0 Å². The number of carbonyl (C=O) groups is 2. The molecule has 10 heteroatoms. The van der Waals surface area contributed by atoms with Gasteiger partial charge < -0.3 is 19.7 Å². The monoisotopic (exact) mass is 517 g/mol. The quantitative estimate of drug-likeness (QED) is 0.491. The second kappa shape index (κ2) is 11.6. The fourth-order valence-electron chi connectivity index (χ4n) is 3.97. The van der Waals surface area contributed by atoms with Gasteiger partial charge in [0.05, 0.1) is 11.9 Å². The smallest absolute Gasteiger partial charge is 0.244 e. The lowest BCUT2D eigenvalue weighted by atomic mass is 10.1. The lowest BCUT2D eigenvalue weighted by molar-refractivity contribution is -0.140. The van der Waals surface area contributed by atoms with Crippen LogP contribution >= 0.6 is 0 Å². The number of hydrogen-bond acceptors (Lipinski definition) is 6. The average Bonchev–Trinajstić information content (AvgIpc) is 3.29. The topological polar surface area (TPSA) is 105 Å². The Morgan fingerprint density at radius 1 is 1.08 bits per heavy atom. The fraction of sp³-hybridized carbons (Fsp3) is 0.462. The Morgan fingerprint density at radius 2 is 1.78 bits per heavy atom. The Labute approximate surface area is 213 Å². The van der Waals surface area contributed by atoms with Crippen LogP contribution in [0.3, 0.4) is 0 Å². The molecule has 9 nitrogen and oxygen atoms in total. The minimum atomic E-state index is -3.83. The summed E-state index contributed by atoms with van der Waals surface area (Å²) in [5.74, 6) is 0.422. The van der Waals surface area contributed by atoms with Crippen LogP contribution in [0.2, 0.25) is 0 Å². The van der Waals surface area contributed by atoms with Crippen LogP contribution in [0.15, 0.2) is 42.5 Å². The minimum Gasteiger partial charge on any atom is -0.454 e. The Hall–Kier alpha value is -3.27. The van der Waals surface area contributed by atoms with E-state index in [9.17, 15) is 18.0 Å². The predicted octanol–water partition coefficient (Wildman–Crippen LogP) is 3.07. The first-order valence-corrected chi connectivity index (χ1v) is 13.8. The van der Waals surface area contributed by atoms with Gasteiger partial charge in [-0.2, -0.15) is 0 Å². The van der Waals surface area contributed by atoms with Crippen LogP contribution in [0.5, 0.6) is 11.5 Å². The maximum atomic E-state index is 13.7. The summed E-state index contributed by atoms with van der Waals surface area (Å²) in [4.78, 5) is 28.3. The second-order valence-electron chi connectivity index (χ2n) is 9.32. The number of anilines is 1. The summed E-state index contributed by atoms with van der Waals surface area (Å²) in [6, 6.07) is 11.6. The number of nitrogens with one attached hydrogen (secondary N) is 1. The van der Waals surface area contributed by atoms with Gasteiger partial charge in [0.2, 0.25) is 28.6 Å². The van der Waals surface area contributed by atoms with Crippen LogP contribution < -0.4 is 19.1 Å². The van der Waals surface area contributed by atoms with Crippen molar-refractivity contribution in [3.05, 3.63) is 53.6 Å². The zero-order valence-corrected chi connectivity index (χ0v) is 22.3. The molecule has 3 rings (SSSR count). The molecular formula is C26H35N3O6S. The van der Waals surface area contributed by atoms with Crippen molar-refractivity contribution in [2.45, 2.75) is 46.7 Å². The number of benzene rings is 2. The van der Waals surface area contributed by atoms with Crippen molar-refractivity contribution < 1.29 is 27.5 Å². The summed E-state index contributed by atoms with van der Waals surface area (Å²) >= 11 is 0. The van der Waals surface area contributed by atoms with E-state index in [1.165, 1.54) is 11.0 Å². The van der Waals surface area contributed by atoms with Gasteiger partial charge in [-0.25, -0.2) is 8.42 Å². The predicted molar refractivity (Wildman–Crippen MR) is 138 cm³/mol. The van der Waals surface area contributed by atoms with E-state index in [-0.39, 0.29) is 30.9 Å².